The van der Waals surface area contributed by atoms with Gasteiger partial charge in [0.05, 0.1) is 0 Å². The topological polar surface area (TPSA) is 102 Å². The minimum Gasteiger partial charge on any atom is -0.448 e. The quantitative estimate of drug-likeness (QED) is 0.0950. The van der Waals surface area contributed by atoms with E-state index in [1.165, 1.54) is 23.9 Å². The fourth-order valence-corrected chi connectivity index (χ4v) is 7.59. The molecule has 6 rings (SSSR count). The first-order valence-electron chi connectivity index (χ1n) is 17.4. The second kappa shape index (κ2) is 14.8. The first-order chi connectivity index (χ1) is 24.5. The average molecular weight is 689 g/mol. The van der Waals surface area contributed by atoms with Gasteiger partial charge in [0.15, 0.2) is 0 Å². The number of benzene rings is 4. The summed E-state index contributed by atoms with van der Waals surface area (Å²) in [5.41, 5.74) is 8.69. The smallest absolute Gasteiger partial charge is 0.410 e. The summed E-state index contributed by atoms with van der Waals surface area (Å²) >= 11 is 0. The Kier molecular flexibility index (Phi) is 10.3. The van der Waals surface area contributed by atoms with Crippen LogP contribution >= 0.6 is 0 Å². The number of likely N-dealkylation sites (N-methyl/N-ethyl adjacent to an activating group) is 2. The molecule has 0 bridgehead atoms. The number of rotatable bonds is 10. The van der Waals surface area contributed by atoms with Crippen molar-refractivity contribution >= 4 is 24.1 Å². The SMILES string of the molecule is CC(C)[C@@H](C(=O)OC(=O)[C@H](C(C)C)N(C)C(=O)OCC1c2ccccc2-c2ccccc21)N(C)C(=O)OCC1c2ccccc2-c2ccccc21. The molecule has 4 aromatic rings. The Morgan fingerprint density at radius 2 is 0.784 bits per heavy atom. The van der Waals surface area contributed by atoms with E-state index in [1.807, 2.05) is 72.8 Å². The van der Waals surface area contributed by atoms with Crippen LogP contribution in [0.1, 0.15) is 61.8 Å². The van der Waals surface area contributed by atoms with Crippen LogP contribution in [-0.4, -0.2) is 73.3 Å². The summed E-state index contributed by atoms with van der Waals surface area (Å²) in [5.74, 6) is -2.93. The number of carbonyl (C=O) groups is 4. The monoisotopic (exact) mass is 688 g/mol. The second-order valence-corrected chi connectivity index (χ2v) is 13.9. The lowest BCUT2D eigenvalue weighted by molar-refractivity contribution is -0.168. The molecule has 9 nitrogen and oxygen atoms in total. The maximum atomic E-state index is 13.6. The van der Waals surface area contributed by atoms with Crippen LogP contribution < -0.4 is 0 Å². The number of hydrogen-bond acceptors (Lipinski definition) is 7. The third-order valence-electron chi connectivity index (χ3n) is 10.0. The standard InChI is InChI=1S/C42H44N2O7/c1-25(2)37(43(5)41(47)49-23-35-31-19-11-7-15-27(31)28-16-8-12-20-32(28)35)39(45)51-40(46)38(26(3)4)44(6)42(48)50-24-36-33-21-13-9-17-29(33)30-18-10-14-22-34(30)36/h7-22,25-26,35-38H,23-24H2,1-6H3/t37-,38-/m0/s1. The van der Waals surface area contributed by atoms with Gasteiger partial charge < -0.3 is 14.2 Å². The molecule has 0 N–H and O–H groups in total. The lowest BCUT2D eigenvalue weighted by Crippen LogP contribution is -2.51. The highest BCUT2D eigenvalue weighted by Gasteiger charge is 2.39. The van der Waals surface area contributed by atoms with Crippen molar-refractivity contribution in [1.29, 1.82) is 0 Å². The number of nitrogens with zero attached hydrogens (tertiary/aromatic N) is 2. The Labute approximate surface area is 299 Å². The predicted octanol–water partition coefficient (Wildman–Crippen LogP) is 7.87. The predicted molar refractivity (Wildman–Crippen MR) is 194 cm³/mol. The molecule has 0 fully saturated rings. The van der Waals surface area contributed by atoms with E-state index in [2.05, 4.69) is 24.3 Å². The number of ether oxygens (including phenoxy) is 3. The van der Waals surface area contributed by atoms with Gasteiger partial charge in [0.1, 0.15) is 25.3 Å². The average Bonchev–Trinajstić information content (AvgIpc) is 3.61. The molecule has 0 saturated heterocycles. The lowest BCUT2D eigenvalue weighted by atomic mass is 9.98. The first-order valence-corrected chi connectivity index (χ1v) is 17.4. The molecule has 0 radical (unpaired) electrons. The molecule has 2 aliphatic rings. The van der Waals surface area contributed by atoms with Crippen LogP contribution in [0.15, 0.2) is 97.1 Å². The summed E-state index contributed by atoms with van der Waals surface area (Å²) in [6.07, 6.45) is -1.42. The van der Waals surface area contributed by atoms with Crippen molar-refractivity contribution in [3.05, 3.63) is 119 Å². The zero-order valence-electron chi connectivity index (χ0n) is 29.9. The summed E-state index contributed by atoms with van der Waals surface area (Å²) in [6.45, 7) is 7.18. The zero-order chi connectivity index (χ0) is 36.4. The summed E-state index contributed by atoms with van der Waals surface area (Å²) in [6, 6.07) is 29.9. The summed E-state index contributed by atoms with van der Waals surface area (Å²) in [7, 11) is 2.91. The Hall–Kier alpha value is -5.44. The van der Waals surface area contributed by atoms with Gasteiger partial charge in [-0.1, -0.05) is 125 Å². The second-order valence-electron chi connectivity index (χ2n) is 13.9. The van der Waals surface area contributed by atoms with Crippen LogP contribution in [0.3, 0.4) is 0 Å². The maximum absolute atomic E-state index is 13.6. The van der Waals surface area contributed by atoms with Gasteiger partial charge in [-0.2, -0.15) is 0 Å². The molecule has 0 unspecified atom stereocenters. The van der Waals surface area contributed by atoms with E-state index in [9.17, 15) is 19.2 Å². The molecule has 2 aliphatic carbocycles. The van der Waals surface area contributed by atoms with Crippen molar-refractivity contribution in [1.82, 2.24) is 9.80 Å². The van der Waals surface area contributed by atoms with E-state index in [-0.39, 0.29) is 25.0 Å². The van der Waals surface area contributed by atoms with Crippen LogP contribution in [0.2, 0.25) is 0 Å². The van der Waals surface area contributed by atoms with Gasteiger partial charge in [-0.3, -0.25) is 9.80 Å². The van der Waals surface area contributed by atoms with Gasteiger partial charge in [0.25, 0.3) is 0 Å². The molecule has 0 saturated carbocycles. The molecule has 4 aromatic carbocycles. The largest absolute Gasteiger partial charge is 0.448 e. The highest BCUT2D eigenvalue weighted by Crippen LogP contribution is 2.45. The fourth-order valence-electron chi connectivity index (χ4n) is 7.59. The molecule has 264 valence electrons. The minimum absolute atomic E-state index is 0.0797. The molecule has 0 aromatic heterocycles. The molecule has 51 heavy (non-hydrogen) atoms. The van der Waals surface area contributed by atoms with Crippen molar-refractivity contribution in [3.63, 3.8) is 0 Å². The van der Waals surface area contributed by atoms with E-state index < -0.39 is 48.0 Å². The first kappa shape index (κ1) is 35.4. The van der Waals surface area contributed by atoms with Gasteiger partial charge in [-0.05, 0) is 56.3 Å². The van der Waals surface area contributed by atoms with E-state index in [4.69, 9.17) is 14.2 Å². The van der Waals surface area contributed by atoms with Crippen molar-refractivity contribution in [2.75, 3.05) is 27.3 Å². The minimum atomic E-state index is -1.11. The van der Waals surface area contributed by atoms with Gasteiger partial charge in [-0.25, -0.2) is 19.2 Å². The Bertz CT molecular complexity index is 1720. The van der Waals surface area contributed by atoms with Crippen molar-refractivity contribution < 1.29 is 33.4 Å². The van der Waals surface area contributed by atoms with Crippen molar-refractivity contribution in [3.8, 4) is 22.3 Å². The number of esters is 2. The Morgan fingerprint density at radius 1 is 0.510 bits per heavy atom. The Balaban J connectivity index is 1.08. The summed E-state index contributed by atoms with van der Waals surface area (Å²) < 4.78 is 17.0. The van der Waals surface area contributed by atoms with E-state index in [0.717, 1.165) is 44.5 Å². The van der Waals surface area contributed by atoms with Crippen LogP contribution in [0, 0.1) is 11.8 Å². The fraction of sp³-hybridized carbons (Fsp3) is 0.333. The molecule has 2 amide bonds. The third-order valence-corrected chi connectivity index (χ3v) is 10.0. The highest BCUT2D eigenvalue weighted by molar-refractivity contribution is 5.94. The molecular formula is C42H44N2O7. The number of carbonyl (C=O) groups excluding carboxylic acids is 4. The number of amides is 2. The highest BCUT2D eigenvalue weighted by atomic mass is 16.6. The molecule has 0 spiro atoms. The lowest BCUT2D eigenvalue weighted by Gasteiger charge is -2.31. The van der Waals surface area contributed by atoms with E-state index >= 15 is 0 Å². The third kappa shape index (κ3) is 6.85. The number of fused-ring (bicyclic) bond motifs is 6. The Morgan fingerprint density at radius 3 is 1.06 bits per heavy atom. The summed E-state index contributed by atoms with van der Waals surface area (Å²) in [4.78, 5) is 56.2. The van der Waals surface area contributed by atoms with Crippen LogP contribution in [0.5, 0.6) is 0 Å². The van der Waals surface area contributed by atoms with Gasteiger partial charge in [-0.15, -0.1) is 0 Å². The van der Waals surface area contributed by atoms with Crippen molar-refractivity contribution in [2.24, 2.45) is 11.8 Å². The molecular weight excluding hydrogens is 644 g/mol. The van der Waals surface area contributed by atoms with E-state index in [0.29, 0.717) is 0 Å². The zero-order valence-corrected chi connectivity index (χ0v) is 29.9. The summed E-state index contributed by atoms with van der Waals surface area (Å²) in [5, 5.41) is 0. The van der Waals surface area contributed by atoms with Gasteiger partial charge in [0, 0.05) is 25.9 Å². The molecule has 0 heterocycles. The van der Waals surface area contributed by atoms with Gasteiger partial charge >= 0.3 is 24.1 Å². The van der Waals surface area contributed by atoms with Gasteiger partial charge in [0.2, 0.25) is 0 Å². The van der Waals surface area contributed by atoms with Crippen LogP contribution in [-0.2, 0) is 23.8 Å². The molecule has 9 heteroatoms. The van der Waals surface area contributed by atoms with Crippen LogP contribution in [0.25, 0.3) is 22.3 Å². The van der Waals surface area contributed by atoms with Crippen LogP contribution in [0.4, 0.5) is 9.59 Å². The number of hydrogen-bond donors (Lipinski definition) is 0. The molecule has 0 aliphatic heterocycles. The van der Waals surface area contributed by atoms with Crippen molar-refractivity contribution in [2.45, 2.75) is 51.6 Å². The van der Waals surface area contributed by atoms with E-state index in [1.54, 1.807) is 27.7 Å². The maximum Gasteiger partial charge on any atom is 0.410 e. The normalized spacial score (nSPS) is 14.2. The molecule has 2 atom stereocenters.